The Morgan fingerprint density at radius 1 is 1.04 bits per heavy atom. The summed E-state index contributed by atoms with van der Waals surface area (Å²) >= 11 is 0. The van der Waals surface area contributed by atoms with Gasteiger partial charge in [-0.1, -0.05) is 20.4 Å². The van der Waals surface area contributed by atoms with Crippen LogP contribution in [0.2, 0.25) is 0 Å². The highest BCUT2D eigenvalue weighted by Gasteiger charge is 2.88. The van der Waals surface area contributed by atoms with Crippen LogP contribution in [0.15, 0.2) is 36.4 Å². The molecule has 10 nitrogen and oxygen atoms in total. The maximum absolute atomic E-state index is 14.3. The zero-order valence-corrected chi connectivity index (χ0v) is 26.2. The SMILES string of the molecule is C=C1C(=O)[C@]23[C@H](OC(=O)C4CCC(NC(=O)c5ccc(OC)cc5)CC4)[C@H]1CC[C@H]2[C@@]12CO[C@]3(O)[C@@H](O)[C@@H]1C(C)(C)CCC2=O. The van der Waals surface area contributed by atoms with Gasteiger partial charge in [0.25, 0.3) is 5.91 Å². The monoisotopic (exact) mass is 621 g/mol. The van der Waals surface area contributed by atoms with Gasteiger partial charge in [-0.25, -0.2) is 0 Å². The molecule has 45 heavy (non-hydrogen) atoms. The standard InChI is InChI=1S/C35H43NO9/c1-18-23-13-14-24-33-17-44-35(42,28(39)26(33)32(2,3)16-15-25(33)37)34(24,27(18)38)29(23)45-31(41)20-5-9-21(10-6-20)36-30(40)19-7-11-22(43-4)12-8-19/h7-8,11-12,20-21,23-24,26,28-29,39,42H,1,5-6,9-10,13-17H2,2-4H3,(H,36,40)/t20?,21?,23-,24-,26+,28-,29+,33+,34-,35+/m0/s1. The van der Waals surface area contributed by atoms with Crippen molar-refractivity contribution < 1.29 is 43.6 Å². The smallest absolute Gasteiger partial charge is 0.309 e. The zero-order valence-electron chi connectivity index (χ0n) is 26.2. The highest BCUT2D eigenvalue weighted by atomic mass is 16.6. The third kappa shape index (κ3) is 3.91. The van der Waals surface area contributed by atoms with Crippen LogP contribution in [0.25, 0.3) is 0 Å². The lowest BCUT2D eigenvalue weighted by molar-refractivity contribution is -0.437. The van der Waals surface area contributed by atoms with Crippen molar-refractivity contribution in [1.82, 2.24) is 5.32 Å². The molecule has 0 aromatic heterocycles. The van der Waals surface area contributed by atoms with E-state index in [1.54, 1.807) is 31.4 Å². The number of amides is 1. The highest BCUT2D eigenvalue weighted by Crippen LogP contribution is 2.76. The number of ether oxygens (including phenoxy) is 3. The van der Waals surface area contributed by atoms with Gasteiger partial charge in [-0.3, -0.25) is 19.2 Å². The van der Waals surface area contributed by atoms with E-state index in [9.17, 15) is 29.4 Å². The maximum atomic E-state index is 14.3. The van der Waals surface area contributed by atoms with Crippen LogP contribution >= 0.6 is 0 Å². The van der Waals surface area contributed by atoms with Crippen molar-refractivity contribution in [2.24, 2.45) is 39.9 Å². The van der Waals surface area contributed by atoms with Gasteiger partial charge in [0.05, 0.1) is 25.0 Å². The molecule has 7 fully saturated rings. The fraction of sp³-hybridized carbons (Fsp3) is 0.657. The van der Waals surface area contributed by atoms with Gasteiger partial charge in [-0.15, -0.1) is 0 Å². The van der Waals surface area contributed by atoms with Crippen molar-refractivity contribution in [3.05, 3.63) is 42.0 Å². The van der Waals surface area contributed by atoms with Gasteiger partial charge < -0.3 is 29.7 Å². The summed E-state index contributed by atoms with van der Waals surface area (Å²) in [6, 6.07) is 6.76. The largest absolute Gasteiger partial charge is 0.497 e. The second-order valence-corrected chi connectivity index (χ2v) is 14.9. The van der Waals surface area contributed by atoms with Crippen molar-refractivity contribution in [3.63, 3.8) is 0 Å². The fourth-order valence-corrected chi connectivity index (χ4v) is 10.5. The summed E-state index contributed by atoms with van der Waals surface area (Å²) < 4.78 is 17.5. The van der Waals surface area contributed by atoms with E-state index < -0.39 is 69.7 Å². The van der Waals surface area contributed by atoms with Crippen LogP contribution in [-0.2, 0) is 23.9 Å². The average Bonchev–Trinajstić information content (AvgIpc) is 3.14. The van der Waals surface area contributed by atoms with Gasteiger partial charge in [-0.2, -0.15) is 0 Å². The molecule has 5 aliphatic carbocycles. The molecule has 0 radical (unpaired) electrons. The van der Waals surface area contributed by atoms with Crippen LogP contribution in [0.3, 0.4) is 0 Å². The number of ketones is 2. The molecule has 0 unspecified atom stereocenters. The number of carbonyl (C=O) groups excluding carboxylic acids is 4. The average molecular weight is 622 g/mol. The number of aliphatic hydroxyl groups is 2. The number of rotatable bonds is 5. The normalized spacial score (nSPS) is 42.9. The molecule has 1 amide bonds. The van der Waals surface area contributed by atoms with E-state index in [0.29, 0.717) is 62.7 Å². The number of aliphatic hydroxyl groups excluding tert-OH is 1. The van der Waals surface area contributed by atoms with Crippen LogP contribution in [0.5, 0.6) is 5.75 Å². The minimum absolute atomic E-state index is 0.0548. The Morgan fingerprint density at radius 2 is 1.73 bits per heavy atom. The van der Waals surface area contributed by atoms with Crippen LogP contribution in [0, 0.1) is 39.9 Å². The molecule has 242 valence electrons. The predicted octanol–water partition coefficient (Wildman–Crippen LogP) is 3.13. The predicted molar refractivity (Wildman–Crippen MR) is 160 cm³/mol. The third-order valence-electron chi connectivity index (χ3n) is 12.6. The number of hydrogen-bond donors (Lipinski definition) is 3. The first-order chi connectivity index (χ1) is 21.3. The zero-order chi connectivity index (χ0) is 32.1. The van der Waals surface area contributed by atoms with Crippen molar-refractivity contribution in [3.8, 4) is 5.75 Å². The molecule has 1 aromatic carbocycles. The van der Waals surface area contributed by atoms with E-state index in [1.807, 2.05) is 13.8 Å². The number of hydrogen-bond acceptors (Lipinski definition) is 9. The molecular weight excluding hydrogens is 578 g/mol. The lowest BCUT2D eigenvalue weighted by Crippen LogP contribution is -2.85. The summed E-state index contributed by atoms with van der Waals surface area (Å²) in [7, 11) is 1.56. The Labute approximate surface area is 262 Å². The first-order valence-corrected chi connectivity index (χ1v) is 16.3. The lowest BCUT2D eigenvalue weighted by Gasteiger charge is -2.73. The molecule has 2 aliphatic heterocycles. The number of fused-ring (bicyclic) bond motifs is 2. The van der Waals surface area contributed by atoms with Crippen molar-refractivity contribution in [2.45, 2.75) is 89.3 Å². The Bertz CT molecular complexity index is 1460. The molecule has 2 spiro atoms. The molecule has 8 atom stereocenters. The summed E-state index contributed by atoms with van der Waals surface area (Å²) in [5, 5.41) is 27.3. The Morgan fingerprint density at radius 3 is 2.40 bits per heavy atom. The number of nitrogens with one attached hydrogen (secondary N) is 1. The first-order valence-electron chi connectivity index (χ1n) is 16.3. The summed E-state index contributed by atoms with van der Waals surface area (Å²) in [5.74, 6) is -5.07. The van der Waals surface area contributed by atoms with E-state index in [-0.39, 0.29) is 29.9 Å². The third-order valence-corrected chi connectivity index (χ3v) is 12.6. The molecule has 10 heteroatoms. The van der Waals surface area contributed by atoms with Crippen LogP contribution in [0.1, 0.15) is 75.6 Å². The summed E-state index contributed by atoms with van der Waals surface area (Å²) in [6.45, 7) is 8.00. The Balaban J connectivity index is 1.12. The van der Waals surface area contributed by atoms with E-state index in [0.717, 1.165) is 0 Å². The topological polar surface area (TPSA) is 148 Å². The second-order valence-electron chi connectivity index (χ2n) is 14.9. The molecule has 7 aliphatic rings. The number of esters is 1. The van der Waals surface area contributed by atoms with Crippen LogP contribution in [-0.4, -0.2) is 71.4 Å². The molecule has 2 saturated heterocycles. The molecule has 1 aromatic rings. The number of benzene rings is 1. The van der Waals surface area contributed by atoms with Crippen LogP contribution < -0.4 is 10.1 Å². The molecular formula is C35H43NO9. The lowest BCUT2D eigenvalue weighted by atomic mass is 9.36. The Hall–Kier alpha value is -3.08. The van der Waals surface area contributed by atoms with E-state index >= 15 is 0 Å². The highest BCUT2D eigenvalue weighted by molar-refractivity contribution is 6.06. The van der Waals surface area contributed by atoms with Crippen LogP contribution in [0.4, 0.5) is 0 Å². The second kappa shape index (κ2) is 10.2. The van der Waals surface area contributed by atoms with Gasteiger partial charge in [-0.05, 0) is 86.1 Å². The molecule has 5 saturated carbocycles. The fourth-order valence-electron chi connectivity index (χ4n) is 10.5. The van der Waals surface area contributed by atoms with Crippen molar-refractivity contribution in [1.29, 1.82) is 0 Å². The van der Waals surface area contributed by atoms with E-state index in [2.05, 4.69) is 11.9 Å². The molecule has 8 rings (SSSR count). The summed E-state index contributed by atoms with van der Waals surface area (Å²) in [6.07, 6.45) is 1.35. The quantitative estimate of drug-likeness (QED) is 0.333. The van der Waals surface area contributed by atoms with Crippen molar-refractivity contribution in [2.75, 3.05) is 13.7 Å². The van der Waals surface area contributed by atoms with E-state index in [4.69, 9.17) is 14.2 Å². The van der Waals surface area contributed by atoms with E-state index in [1.165, 1.54) is 0 Å². The number of carbonyl (C=O) groups is 4. The molecule has 3 N–H and O–H groups in total. The molecule has 2 heterocycles. The number of Topliss-reactive ketones (excluding diaryl/α,β-unsaturated/α-hetero) is 2. The molecule has 4 bridgehead atoms. The minimum atomic E-state index is -2.32. The van der Waals surface area contributed by atoms with Gasteiger partial charge in [0.15, 0.2) is 5.78 Å². The van der Waals surface area contributed by atoms with Crippen molar-refractivity contribution >= 4 is 23.4 Å². The van der Waals surface area contributed by atoms with Gasteiger partial charge in [0.2, 0.25) is 5.79 Å². The maximum Gasteiger partial charge on any atom is 0.309 e. The van der Waals surface area contributed by atoms with Gasteiger partial charge in [0.1, 0.15) is 29.2 Å². The number of methoxy groups -OCH3 is 1. The summed E-state index contributed by atoms with van der Waals surface area (Å²) in [5.41, 5.74) is -2.66. The van der Waals surface area contributed by atoms with Gasteiger partial charge >= 0.3 is 5.97 Å². The van der Waals surface area contributed by atoms with Gasteiger partial charge in [0, 0.05) is 29.9 Å². The Kier molecular flexibility index (Phi) is 6.94. The summed E-state index contributed by atoms with van der Waals surface area (Å²) in [4.78, 5) is 54.8. The first kappa shape index (κ1) is 30.6. The minimum Gasteiger partial charge on any atom is -0.497 e.